The number of nitrogens with zero attached hydrogens (tertiary/aromatic N) is 3. The van der Waals surface area contributed by atoms with Gasteiger partial charge in [-0.25, -0.2) is 0 Å². The first-order chi connectivity index (χ1) is 13.5. The minimum Gasteiger partial charge on any atom is -0.379 e. The van der Waals surface area contributed by atoms with Crippen molar-refractivity contribution < 1.29 is 13.2 Å². The van der Waals surface area contributed by atoms with Crippen molar-refractivity contribution in [1.29, 1.82) is 0 Å². The molecule has 6 nitrogen and oxygen atoms in total. The van der Waals surface area contributed by atoms with Crippen molar-refractivity contribution in [3.05, 3.63) is 53.9 Å². The van der Waals surface area contributed by atoms with Crippen LogP contribution in [0.2, 0.25) is 0 Å². The highest BCUT2D eigenvalue weighted by Crippen LogP contribution is 2.31. The number of pyridine rings is 1. The molecule has 0 spiro atoms. The molecule has 28 heavy (non-hydrogen) atoms. The molecule has 2 saturated heterocycles. The van der Waals surface area contributed by atoms with E-state index in [-0.39, 0.29) is 5.92 Å². The van der Waals surface area contributed by atoms with Crippen LogP contribution in [0.3, 0.4) is 0 Å². The maximum absolute atomic E-state index is 13.0. The third-order valence-electron chi connectivity index (χ3n) is 5.51. The van der Waals surface area contributed by atoms with E-state index in [1.54, 1.807) is 8.61 Å². The number of benzene rings is 1. The number of hydrogen-bond acceptors (Lipinski definition) is 4. The molecule has 4 rings (SSSR count). The Bertz CT molecular complexity index is 912. The van der Waals surface area contributed by atoms with Crippen molar-refractivity contribution in [2.75, 3.05) is 39.4 Å². The topological polar surface area (TPSA) is 62.7 Å². The average molecular weight is 402 g/mol. The monoisotopic (exact) mass is 401 g/mol. The Morgan fingerprint density at radius 3 is 2.50 bits per heavy atom. The van der Waals surface area contributed by atoms with Crippen molar-refractivity contribution in [1.82, 2.24) is 13.6 Å². The number of morpholine rings is 1. The minimum absolute atomic E-state index is 0.118. The van der Waals surface area contributed by atoms with E-state index in [1.807, 2.05) is 25.1 Å². The van der Waals surface area contributed by atoms with Gasteiger partial charge >= 0.3 is 0 Å². The third-order valence-corrected chi connectivity index (χ3v) is 7.51. The fourth-order valence-corrected chi connectivity index (χ4v) is 5.70. The van der Waals surface area contributed by atoms with Crippen molar-refractivity contribution in [3.63, 3.8) is 0 Å². The molecule has 150 valence electrons. The standard InChI is InChI=1S/C21H27N3O3S/c1-17-14-20(18-6-3-2-4-7-18)15-21(22-17)19-8-5-9-24(16-19)28(25,26)23-10-12-27-13-11-23/h2-4,6-7,14-15,19H,5,8-13,16H2,1H3/t19-/m1/s1. The van der Waals surface area contributed by atoms with Gasteiger partial charge in [0.1, 0.15) is 0 Å². The number of hydrogen-bond donors (Lipinski definition) is 0. The Morgan fingerprint density at radius 2 is 1.75 bits per heavy atom. The zero-order valence-electron chi connectivity index (χ0n) is 16.3. The summed E-state index contributed by atoms with van der Waals surface area (Å²) in [4.78, 5) is 4.76. The predicted octanol–water partition coefficient (Wildman–Crippen LogP) is 2.81. The van der Waals surface area contributed by atoms with Crippen LogP contribution in [0.1, 0.15) is 30.1 Å². The van der Waals surface area contributed by atoms with Gasteiger partial charge in [-0.1, -0.05) is 30.3 Å². The number of piperidine rings is 1. The van der Waals surface area contributed by atoms with Crippen molar-refractivity contribution in [3.8, 4) is 11.1 Å². The van der Waals surface area contributed by atoms with E-state index in [0.717, 1.165) is 35.4 Å². The molecule has 0 N–H and O–H groups in total. The van der Waals surface area contributed by atoms with Gasteiger partial charge in [0.25, 0.3) is 10.2 Å². The molecule has 0 aliphatic carbocycles. The van der Waals surface area contributed by atoms with Crippen molar-refractivity contribution in [2.24, 2.45) is 0 Å². The third kappa shape index (κ3) is 4.12. The highest BCUT2D eigenvalue weighted by Gasteiger charge is 2.35. The van der Waals surface area contributed by atoms with Gasteiger partial charge in [-0.15, -0.1) is 0 Å². The molecule has 0 saturated carbocycles. The number of ether oxygens (including phenoxy) is 1. The van der Waals surface area contributed by atoms with Gasteiger partial charge in [-0.05, 0) is 43.0 Å². The molecule has 7 heteroatoms. The summed E-state index contributed by atoms with van der Waals surface area (Å²) in [6, 6.07) is 14.5. The van der Waals surface area contributed by atoms with E-state index >= 15 is 0 Å². The Labute approximate surface area is 167 Å². The van der Waals surface area contributed by atoms with Crippen LogP contribution in [0.4, 0.5) is 0 Å². The fourth-order valence-electron chi connectivity index (χ4n) is 4.03. The smallest absolute Gasteiger partial charge is 0.282 e. The molecule has 2 aromatic rings. The van der Waals surface area contributed by atoms with Gasteiger partial charge in [0.05, 0.1) is 13.2 Å². The van der Waals surface area contributed by atoms with E-state index in [2.05, 4.69) is 24.3 Å². The van der Waals surface area contributed by atoms with Crippen molar-refractivity contribution in [2.45, 2.75) is 25.7 Å². The van der Waals surface area contributed by atoms with Gasteiger partial charge < -0.3 is 4.74 Å². The summed E-state index contributed by atoms with van der Waals surface area (Å²) in [5.41, 5.74) is 4.24. The van der Waals surface area contributed by atoms with E-state index < -0.39 is 10.2 Å². The molecule has 0 amide bonds. The van der Waals surface area contributed by atoms with Crippen LogP contribution >= 0.6 is 0 Å². The zero-order chi connectivity index (χ0) is 19.6. The SMILES string of the molecule is Cc1cc(-c2ccccc2)cc([C@@H]2CCCN(S(=O)(=O)N3CCOCC3)C2)n1. The second-order valence-corrected chi connectivity index (χ2v) is 9.43. The lowest BCUT2D eigenvalue weighted by atomic mass is 9.93. The summed E-state index contributed by atoms with van der Waals surface area (Å²) in [6.45, 7) is 4.88. The maximum Gasteiger partial charge on any atom is 0.282 e. The van der Waals surface area contributed by atoms with Gasteiger partial charge in [-0.3, -0.25) is 4.98 Å². The average Bonchev–Trinajstić information content (AvgIpc) is 2.75. The molecule has 2 aliphatic rings. The molecular formula is C21H27N3O3S. The summed E-state index contributed by atoms with van der Waals surface area (Å²) < 4.78 is 34.6. The van der Waals surface area contributed by atoms with E-state index in [1.165, 1.54) is 0 Å². The van der Waals surface area contributed by atoms with Gasteiger partial charge in [0, 0.05) is 43.5 Å². The highest BCUT2D eigenvalue weighted by molar-refractivity contribution is 7.86. The predicted molar refractivity (Wildman–Crippen MR) is 109 cm³/mol. The molecule has 2 aliphatic heterocycles. The minimum atomic E-state index is -3.44. The fraction of sp³-hybridized carbons (Fsp3) is 0.476. The Morgan fingerprint density at radius 1 is 1.00 bits per heavy atom. The second-order valence-electron chi connectivity index (χ2n) is 7.50. The largest absolute Gasteiger partial charge is 0.379 e. The number of aryl methyl sites for hydroxylation is 1. The summed E-state index contributed by atoms with van der Waals surface area (Å²) in [5, 5.41) is 0. The lowest BCUT2D eigenvalue weighted by Gasteiger charge is -2.36. The van der Waals surface area contributed by atoms with Crippen LogP contribution in [-0.4, -0.2) is 61.4 Å². The molecule has 3 heterocycles. The summed E-state index contributed by atoms with van der Waals surface area (Å²) in [7, 11) is -3.44. The Kier molecular flexibility index (Phi) is 5.78. The first-order valence-corrected chi connectivity index (χ1v) is 11.3. The van der Waals surface area contributed by atoms with Crippen LogP contribution in [0.5, 0.6) is 0 Å². The summed E-state index contributed by atoms with van der Waals surface area (Å²) in [6.07, 6.45) is 1.81. The van der Waals surface area contributed by atoms with Crippen LogP contribution in [0, 0.1) is 6.92 Å². The van der Waals surface area contributed by atoms with E-state index in [9.17, 15) is 8.42 Å². The normalized spacial score (nSPS) is 22.2. The number of aromatic nitrogens is 1. The molecule has 0 bridgehead atoms. The molecule has 1 atom stereocenters. The van der Waals surface area contributed by atoms with E-state index in [0.29, 0.717) is 39.4 Å². The zero-order valence-corrected chi connectivity index (χ0v) is 17.1. The first-order valence-electron chi connectivity index (χ1n) is 9.91. The van der Waals surface area contributed by atoms with Crippen LogP contribution in [0.15, 0.2) is 42.5 Å². The lowest BCUT2D eigenvalue weighted by molar-refractivity contribution is 0.0695. The maximum atomic E-state index is 13.0. The summed E-state index contributed by atoms with van der Waals surface area (Å²) >= 11 is 0. The quantitative estimate of drug-likeness (QED) is 0.790. The Balaban J connectivity index is 1.57. The number of rotatable bonds is 4. The van der Waals surface area contributed by atoms with Gasteiger partial charge in [0.2, 0.25) is 0 Å². The van der Waals surface area contributed by atoms with Gasteiger partial charge in [0.15, 0.2) is 0 Å². The van der Waals surface area contributed by atoms with Crippen molar-refractivity contribution >= 4 is 10.2 Å². The lowest BCUT2D eigenvalue weighted by Crippen LogP contribution is -2.51. The molecule has 1 aromatic carbocycles. The Hall–Kier alpha value is -1.80. The van der Waals surface area contributed by atoms with Gasteiger partial charge in [-0.2, -0.15) is 17.0 Å². The molecular weight excluding hydrogens is 374 g/mol. The molecule has 1 aromatic heterocycles. The first kappa shape index (κ1) is 19.5. The summed E-state index contributed by atoms with van der Waals surface area (Å²) in [5.74, 6) is 0.118. The molecule has 0 unspecified atom stereocenters. The highest BCUT2D eigenvalue weighted by atomic mass is 32.2. The van der Waals surface area contributed by atoms with Crippen LogP contribution in [0.25, 0.3) is 11.1 Å². The van der Waals surface area contributed by atoms with Crippen LogP contribution in [-0.2, 0) is 14.9 Å². The molecule has 0 radical (unpaired) electrons. The van der Waals surface area contributed by atoms with Crippen LogP contribution < -0.4 is 0 Å². The molecule has 2 fully saturated rings. The second kappa shape index (κ2) is 8.29. The van der Waals surface area contributed by atoms with E-state index in [4.69, 9.17) is 9.72 Å².